The van der Waals surface area contributed by atoms with Crippen LogP contribution in [-0.2, 0) is 0 Å². The van der Waals surface area contributed by atoms with Crippen molar-refractivity contribution in [3.05, 3.63) is 0 Å². The van der Waals surface area contributed by atoms with Crippen LogP contribution in [-0.4, -0.2) is 24.0 Å². The number of hydrogen-bond donors (Lipinski definition) is 2. The first-order valence-corrected chi connectivity index (χ1v) is 6.26. The van der Waals surface area contributed by atoms with E-state index in [2.05, 4.69) is 32.2 Å². The molecule has 0 amide bonds. The minimum atomic E-state index is 0.944. The van der Waals surface area contributed by atoms with E-state index in [-0.39, 0.29) is 0 Å². The van der Waals surface area contributed by atoms with Gasteiger partial charge in [0, 0.05) is 0 Å². The summed E-state index contributed by atoms with van der Waals surface area (Å²) in [5, 5.41) is 0. The minimum Gasteiger partial charge on any atom is -0.180 e. The smallest absolute Gasteiger partial charge is 0.0101 e. The van der Waals surface area contributed by atoms with E-state index in [9.17, 15) is 0 Å². The van der Waals surface area contributed by atoms with Crippen molar-refractivity contribution in [2.45, 2.75) is 20.3 Å². The van der Waals surface area contributed by atoms with Gasteiger partial charge in [-0.3, -0.25) is 0 Å². The lowest BCUT2D eigenvalue weighted by Crippen LogP contribution is -1.56. The predicted octanol–water partition coefficient (Wildman–Crippen LogP) is 3.24. The molecule has 10 heavy (non-hydrogen) atoms. The van der Waals surface area contributed by atoms with Crippen LogP contribution in [0.2, 0.25) is 0 Å². The molecule has 0 aliphatic carbocycles. The second kappa shape index (κ2) is 32.3. The van der Waals surface area contributed by atoms with Gasteiger partial charge in [0.15, 0.2) is 0 Å². The average molecular weight is 200 g/mol. The summed E-state index contributed by atoms with van der Waals surface area (Å²) in [6.07, 6.45) is 5.27. The highest BCUT2D eigenvalue weighted by Crippen LogP contribution is 1.74. The van der Waals surface area contributed by atoms with Crippen molar-refractivity contribution in [1.82, 2.24) is 0 Å². The van der Waals surface area contributed by atoms with Gasteiger partial charge in [-0.2, -0.15) is 37.0 Å². The van der Waals surface area contributed by atoms with Crippen molar-refractivity contribution in [3.63, 3.8) is 0 Å². The maximum Gasteiger partial charge on any atom is -0.0101 e. The molecule has 0 heterocycles. The molecule has 3 heteroatoms. The van der Waals surface area contributed by atoms with Crippen LogP contribution in [0.1, 0.15) is 20.3 Å². The Kier molecular flexibility index (Phi) is 55.6. The highest BCUT2D eigenvalue weighted by molar-refractivity contribution is 7.97. The van der Waals surface area contributed by atoms with E-state index < -0.39 is 0 Å². The van der Waals surface area contributed by atoms with Crippen molar-refractivity contribution in [3.8, 4) is 0 Å². The summed E-state index contributed by atoms with van der Waals surface area (Å²) in [4.78, 5) is 0. The summed E-state index contributed by atoms with van der Waals surface area (Å²) in [7, 11) is 0. The van der Waals surface area contributed by atoms with Crippen molar-refractivity contribution < 1.29 is 0 Å². The van der Waals surface area contributed by atoms with Crippen LogP contribution < -0.4 is 0 Å². The van der Waals surface area contributed by atoms with Crippen LogP contribution in [0.4, 0.5) is 0 Å². The standard InChI is InChI=1S/C3H8S.2C2H6S/c1-2-3-4;1-3-2;1-2-3/h4H,2-3H2,1H3;1-2H3;3H,2H2,1H3. The van der Waals surface area contributed by atoms with Crippen molar-refractivity contribution in [2.24, 2.45) is 0 Å². The minimum absolute atomic E-state index is 0.944. The number of thioether (sulfide) groups is 1. The molecule has 0 aromatic rings. The fourth-order valence-corrected chi connectivity index (χ4v) is 0. The van der Waals surface area contributed by atoms with E-state index in [4.69, 9.17) is 0 Å². The van der Waals surface area contributed by atoms with Crippen molar-refractivity contribution >= 4 is 37.0 Å². The zero-order valence-corrected chi connectivity index (χ0v) is 10.0. The quantitative estimate of drug-likeness (QED) is 0.613. The Morgan fingerprint density at radius 2 is 1.20 bits per heavy atom. The van der Waals surface area contributed by atoms with Gasteiger partial charge in [-0.05, 0) is 30.4 Å². The molecule has 0 aliphatic heterocycles. The molecule has 0 fully saturated rings. The molecule has 0 aromatic carbocycles. The van der Waals surface area contributed by atoms with Crippen LogP contribution >= 0.6 is 37.0 Å². The molecule has 0 bridgehead atoms. The Bertz CT molecular complexity index is 20.8. The largest absolute Gasteiger partial charge is 0.180 e. The van der Waals surface area contributed by atoms with Crippen LogP contribution in [0.15, 0.2) is 0 Å². The third-order valence-corrected chi connectivity index (χ3v) is 0.671. The Balaban J connectivity index is -0.0000000750. The van der Waals surface area contributed by atoms with E-state index in [1.165, 1.54) is 6.42 Å². The number of thiol groups is 2. The Morgan fingerprint density at radius 3 is 1.20 bits per heavy atom. The molecular formula is C7H20S3. The summed E-state index contributed by atoms with van der Waals surface area (Å²) in [5.74, 6) is 1.96. The van der Waals surface area contributed by atoms with Gasteiger partial charge < -0.3 is 0 Å². The first-order valence-electron chi connectivity index (χ1n) is 3.36. The predicted molar refractivity (Wildman–Crippen MR) is 63.1 cm³/mol. The lowest BCUT2D eigenvalue weighted by Gasteiger charge is -1.67. The average Bonchev–Trinajstić information content (AvgIpc) is 1.91. The topological polar surface area (TPSA) is 0 Å². The lowest BCUT2D eigenvalue weighted by atomic mass is 10.6. The van der Waals surface area contributed by atoms with Crippen LogP contribution in [0.5, 0.6) is 0 Å². The Hall–Kier alpha value is 1.05. The first kappa shape index (κ1) is 17.2. The van der Waals surface area contributed by atoms with E-state index in [1.807, 2.05) is 19.4 Å². The maximum absolute atomic E-state index is 3.92. The van der Waals surface area contributed by atoms with Gasteiger partial charge in [-0.15, -0.1) is 0 Å². The molecule has 0 atom stereocenters. The van der Waals surface area contributed by atoms with Gasteiger partial charge in [0.25, 0.3) is 0 Å². The fraction of sp³-hybridized carbons (Fsp3) is 1.00. The SMILES string of the molecule is CCCS.CCS.CSC. The van der Waals surface area contributed by atoms with Crippen LogP contribution in [0.3, 0.4) is 0 Å². The van der Waals surface area contributed by atoms with Gasteiger partial charge in [0.05, 0.1) is 0 Å². The molecule has 0 radical (unpaired) electrons. The van der Waals surface area contributed by atoms with Gasteiger partial charge in [0.1, 0.15) is 0 Å². The molecule has 0 saturated heterocycles. The summed E-state index contributed by atoms with van der Waals surface area (Å²) < 4.78 is 0. The molecule has 0 nitrogen and oxygen atoms in total. The third kappa shape index (κ3) is 140. The molecule has 0 spiro atoms. The fourth-order valence-electron chi connectivity index (χ4n) is 0. The highest BCUT2D eigenvalue weighted by atomic mass is 32.2. The summed E-state index contributed by atoms with van der Waals surface area (Å²) in [6, 6.07) is 0. The van der Waals surface area contributed by atoms with E-state index in [0.717, 1.165) is 11.5 Å². The molecule has 0 saturated carbocycles. The molecule has 0 N–H and O–H groups in total. The highest BCUT2D eigenvalue weighted by Gasteiger charge is 1.57. The van der Waals surface area contributed by atoms with Crippen molar-refractivity contribution in [1.29, 1.82) is 0 Å². The molecule has 0 aromatic heterocycles. The number of rotatable bonds is 1. The van der Waals surface area contributed by atoms with E-state index >= 15 is 0 Å². The van der Waals surface area contributed by atoms with Crippen molar-refractivity contribution in [2.75, 3.05) is 24.0 Å². The molecule has 0 unspecified atom stereocenters. The van der Waals surface area contributed by atoms with Crippen LogP contribution in [0.25, 0.3) is 0 Å². The summed E-state index contributed by atoms with van der Waals surface area (Å²) in [5.41, 5.74) is 0. The Labute approximate surface area is 81.4 Å². The number of hydrogen-bond acceptors (Lipinski definition) is 3. The molecular weight excluding hydrogens is 180 g/mol. The molecule has 66 valence electrons. The zero-order chi connectivity index (χ0) is 8.83. The first-order chi connectivity index (χ1) is 4.74. The third-order valence-electron chi connectivity index (χ3n) is 0.224. The maximum atomic E-state index is 3.92. The summed E-state index contributed by atoms with van der Waals surface area (Å²) in [6.45, 7) is 4.09. The second-order valence-corrected chi connectivity index (χ2v) is 3.34. The summed E-state index contributed by atoms with van der Waals surface area (Å²) >= 11 is 9.46. The van der Waals surface area contributed by atoms with Gasteiger partial charge >= 0.3 is 0 Å². The van der Waals surface area contributed by atoms with Gasteiger partial charge in [-0.25, -0.2) is 0 Å². The zero-order valence-electron chi connectivity index (χ0n) is 7.42. The lowest BCUT2D eigenvalue weighted by molar-refractivity contribution is 1.11. The normalized spacial score (nSPS) is 6.60. The van der Waals surface area contributed by atoms with E-state index in [1.54, 1.807) is 11.8 Å². The Morgan fingerprint density at radius 1 is 1.10 bits per heavy atom. The molecule has 0 aliphatic rings. The van der Waals surface area contributed by atoms with Gasteiger partial charge in [-0.1, -0.05) is 13.8 Å². The van der Waals surface area contributed by atoms with E-state index in [0.29, 0.717) is 0 Å². The second-order valence-electron chi connectivity index (χ2n) is 1.45. The molecule has 0 rings (SSSR count). The van der Waals surface area contributed by atoms with Gasteiger partial charge in [0.2, 0.25) is 0 Å². The van der Waals surface area contributed by atoms with Crippen LogP contribution in [0, 0.1) is 0 Å². The monoisotopic (exact) mass is 200 g/mol.